The Morgan fingerprint density at radius 1 is 1.23 bits per heavy atom. The molecule has 3 rings (SSSR count). The molecule has 1 N–H and O–H groups in total. The van der Waals surface area contributed by atoms with Crippen LogP contribution >= 0.6 is 11.8 Å². The third kappa shape index (κ3) is 2.73. The van der Waals surface area contributed by atoms with Crippen molar-refractivity contribution in [1.82, 2.24) is 9.38 Å². The number of aromatic nitrogens is 2. The van der Waals surface area contributed by atoms with Crippen LogP contribution in [0.15, 0.2) is 64.5 Å². The first kappa shape index (κ1) is 14.3. The summed E-state index contributed by atoms with van der Waals surface area (Å²) in [4.78, 5) is 29.8. The Morgan fingerprint density at radius 3 is 2.91 bits per heavy atom. The predicted octanol–water partition coefficient (Wildman–Crippen LogP) is 2.67. The van der Waals surface area contributed by atoms with E-state index in [1.165, 1.54) is 10.6 Å². The van der Waals surface area contributed by atoms with E-state index in [0.717, 1.165) is 4.90 Å². The number of nitrogens with one attached hydrogen (secondary N) is 1. The summed E-state index contributed by atoms with van der Waals surface area (Å²) in [6, 6.07) is 12.7. The van der Waals surface area contributed by atoms with E-state index in [1.54, 1.807) is 42.2 Å². The van der Waals surface area contributed by atoms with Gasteiger partial charge in [0.25, 0.3) is 11.5 Å². The smallest absolute Gasteiger partial charge is 0.270 e. The van der Waals surface area contributed by atoms with Crippen LogP contribution in [0, 0.1) is 0 Å². The first-order valence-corrected chi connectivity index (χ1v) is 7.83. The number of benzene rings is 1. The van der Waals surface area contributed by atoms with Gasteiger partial charge in [0, 0.05) is 23.0 Å². The molecular weight excluding hydrogens is 298 g/mol. The zero-order chi connectivity index (χ0) is 15.5. The molecule has 0 saturated carbocycles. The number of carbonyl (C=O) groups is 1. The average Bonchev–Trinajstić information content (AvgIpc) is 2.55. The lowest BCUT2D eigenvalue weighted by Crippen LogP contribution is -2.26. The maximum absolute atomic E-state index is 12.3. The average molecular weight is 311 g/mol. The molecule has 0 aliphatic heterocycles. The van der Waals surface area contributed by atoms with E-state index in [2.05, 4.69) is 10.3 Å². The van der Waals surface area contributed by atoms with Crippen LogP contribution in [0.3, 0.4) is 0 Å². The van der Waals surface area contributed by atoms with Crippen molar-refractivity contribution < 1.29 is 4.79 Å². The minimum atomic E-state index is -0.464. The van der Waals surface area contributed by atoms with Gasteiger partial charge >= 0.3 is 0 Å². The van der Waals surface area contributed by atoms with Crippen LogP contribution in [0.5, 0.6) is 0 Å². The number of pyridine rings is 1. The minimum absolute atomic E-state index is 0.0123. The normalized spacial score (nSPS) is 10.6. The van der Waals surface area contributed by atoms with E-state index < -0.39 is 5.91 Å². The maximum Gasteiger partial charge on any atom is 0.270 e. The fraction of sp³-hybridized carbons (Fsp3) is 0.0625. The molecule has 1 amide bonds. The van der Waals surface area contributed by atoms with Gasteiger partial charge < -0.3 is 5.32 Å². The molecule has 0 radical (unpaired) electrons. The lowest BCUT2D eigenvalue weighted by atomic mass is 10.2. The third-order valence-electron chi connectivity index (χ3n) is 3.19. The number of carbonyl (C=O) groups excluding carboxylic acids is 1. The molecule has 0 aliphatic rings. The monoisotopic (exact) mass is 311 g/mol. The largest absolute Gasteiger partial charge is 0.322 e. The molecule has 22 heavy (non-hydrogen) atoms. The number of hydrogen-bond acceptors (Lipinski definition) is 4. The summed E-state index contributed by atoms with van der Waals surface area (Å²) in [6.45, 7) is 0. The van der Waals surface area contributed by atoms with Crippen LogP contribution in [0.1, 0.15) is 10.4 Å². The van der Waals surface area contributed by atoms with Gasteiger partial charge in [0.15, 0.2) is 0 Å². The van der Waals surface area contributed by atoms with E-state index >= 15 is 0 Å². The summed E-state index contributed by atoms with van der Waals surface area (Å²) in [7, 11) is 0. The molecule has 0 aliphatic carbocycles. The summed E-state index contributed by atoms with van der Waals surface area (Å²) in [5.41, 5.74) is 0.783. The number of rotatable bonds is 3. The molecule has 0 bridgehead atoms. The van der Waals surface area contributed by atoms with Gasteiger partial charge in [0.05, 0.1) is 0 Å². The van der Waals surface area contributed by atoms with Crippen molar-refractivity contribution in [3.63, 3.8) is 0 Å². The molecule has 3 aromatic rings. The topological polar surface area (TPSA) is 63.5 Å². The first-order chi connectivity index (χ1) is 10.7. The molecule has 1 aromatic carbocycles. The van der Waals surface area contributed by atoms with Crippen LogP contribution in [-0.2, 0) is 0 Å². The van der Waals surface area contributed by atoms with Gasteiger partial charge in [-0.3, -0.25) is 14.0 Å². The Labute approximate surface area is 131 Å². The van der Waals surface area contributed by atoms with Gasteiger partial charge in [-0.25, -0.2) is 4.98 Å². The highest BCUT2D eigenvalue weighted by atomic mass is 32.2. The third-order valence-corrected chi connectivity index (χ3v) is 3.91. The summed E-state index contributed by atoms with van der Waals surface area (Å²) in [5.74, 6) is -0.464. The minimum Gasteiger partial charge on any atom is -0.322 e. The molecule has 0 fully saturated rings. The summed E-state index contributed by atoms with van der Waals surface area (Å²) in [5, 5.41) is 2.73. The lowest BCUT2D eigenvalue weighted by molar-refractivity contribution is 0.102. The fourth-order valence-corrected chi connectivity index (χ4v) is 2.54. The summed E-state index contributed by atoms with van der Waals surface area (Å²) >= 11 is 1.58. The van der Waals surface area contributed by atoms with Crippen molar-refractivity contribution in [3.05, 3.63) is 70.8 Å². The summed E-state index contributed by atoms with van der Waals surface area (Å²) < 4.78 is 1.35. The van der Waals surface area contributed by atoms with Crippen molar-refractivity contribution in [2.24, 2.45) is 0 Å². The zero-order valence-electron chi connectivity index (χ0n) is 11.8. The second-order valence-corrected chi connectivity index (χ2v) is 5.47. The Hall–Kier alpha value is -2.60. The molecule has 6 heteroatoms. The van der Waals surface area contributed by atoms with Crippen LogP contribution in [0.25, 0.3) is 5.65 Å². The van der Waals surface area contributed by atoms with E-state index in [0.29, 0.717) is 11.3 Å². The number of hydrogen-bond donors (Lipinski definition) is 1. The lowest BCUT2D eigenvalue weighted by Gasteiger charge is -2.07. The second kappa shape index (κ2) is 6.03. The quantitative estimate of drug-likeness (QED) is 0.755. The number of fused-ring (bicyclic) bond motifs is 1. The number of thioether (sulfide) groups is 1. The molecule has 2 aromatic heterocycles. The van der Waals surface area contributed by atoms with Crippen LogP contribution in [0.4, 0.5) is 5.69 Å². The molecule has 0 spiro atoms. The Kier molecular flexibility index (Phi) is 3.93. The van der Waals surface area contributed by atoms with Gasteiger partial charge in [-0.05, 0) is 36.6 Å². The van der Waals surface area contributed by atoms with Gasteiger partial charge in [0.1, 0.15) is 11.2 Å². The second-order valence-electron chi connectivity index (χ2n) is 4.59. The molecule has 5 nitrogen and oxygen atoms in total. The van der Waals surface area contributed by atoms with Gasteiger partial charge in [-0.15, -0.1) is 11.8 Å². The highest BCUT2D eigenvalue weighted by Gasteiger charge is 2.13. The van der Waals surface area contributed by atoms with Crippen LogP contribution in [0.2, 0.25) is 0 Å². The molecule has 0 unspecified atom stereocenters. The Balaban J connectivity index is 1.95. The van der Waals surface area contributed by atoms with Crippen molar-refractivity contribution in [1.29, 1.82) is 0 Å². The van der Waals surface area contributed by atoms with Crippen molar-refractivity contribution in [2.45, 2.75) is 4.90 Å². The van der Waals surface area contributed by atoms with Crippen molar-refractivity contribution in [2.75, 3.05) is 11.6 Å². The predicted molar refractivity (Wildman–Crippen MR) is 87.6 cm³/mol. The van der Waals surface area contributed by atoms with E-state index in [4.69, 9.17) is 0 Å². The van der Waals surface area contributed by atoms with Crippen LogP contribution in [-0.4, -0.2) is 21.5 Å². The highest BCUT2D eigenvalue weighted by Crippen LogP contribution is 2.19. The zero-order valence-corrected chi connectivity index (χ0v) is 12.6. The Morgan fingerprint density at radius 2 is 2.09 bits per heavy atom. The van der Waals surface area contributed by atoms with Crippen LogP contribution < -0.4 is 10.9 Å². The standard InChI is InChI=1S/C16H13N3O2S/c1-22-12-6-4-5-11(9-12)18-15(20)13-10-17-14-7-2-3-8-19(14)16(13)21/h2-10H,1H3,(H,18,20). The van der Waals surface area contributed by atoms with Gasteiger partial charge in [-0.1, -0.05) is 12.1 Å². The maximum atomic E-state index is 12.3. The number of amides is 1. The van der Waals surface area contributed by atoms with E-state index in [1.807, 2.05) is 24.5 Å². The Bertz CT molecular complexity index is 905. The highest BCUT2D eigenvalue weighted by molar-refractivity contribution is 7.98. The first-order valence-electron chi connectivity index (χ1n) is 6.61. The molecular formula is C16H13N3O2S. The molecule has 0 atom stereocenters. The molecule has 110 valence electrons. The molecule has 0 saturated heterocycles. The van der Waals surface area contributed by atoms with E-state index in [-0.39, 0.29) is 11.1 Å². The molecule has 2 heterocycles. The van der Waals surface area contributed by atoms with Crippen molar-refractivity contribution in [3.8, 4) is 0 Å². The van der Waals surface area contributed by atoms with E-state index in [9.17, 15) is 9.59 Å². The van der Waals surface area contributed by atoms with Gasteiger partial charge in [-0.2, -0.15) is 0 Å². The van der Waals surface area contributed by atoms with Gasteiger partial charge in [0.2, 0.25) is 0 Å². The van der Waals surface area contributed by atoms with Crippen molar-refractivity contribution >= 4 is 29.0 Å². The number of nitrogens with zero attached hydrogens (tertiary/aromatic N) is 2. The number of anilines is 1. The SMILES string of the molecule is CSc1cccc(NC(=O)c2cnc3ccccn3c2=O)c1. The fourth-order valence-electron chi connectivity index (χ4n) is 2.08. The summed E-state index contributed by atoms with van der Waals surface area (Å²) in [6.07, 6.45) is 4.86.